The molecule has 2 aromatic carbocycles. The topological polar surface area (TPSA) is 30.9 Å². The maximum absolute atomic E-state index is 13.2. The average molecular weight is 535 g/mol. The zero-order chi connectivity index (χ0) is 26.8. The Balaban J connectivity index is 1.70. The minimum Gasteiger partial charge on any atom is -0.489 e. The van der Waals surface area contributed by atoms with Crippen molar-refractivity contribution in [3.05, 3.63) is 66.5 Å². The van der Waals surface area contributed by atoms with Gasteiger partial charge in [-0.15, -0.1) is 13.2 Å². The average Bonchev–Trinajstić information content (AvgIpc) is 2.80. The minimum atomic E-state index is -4.90. The summed E-state index contributed by atoms with van der Waals surface area (Å²) in [5, 5.41) is 0. The number of ether oxygens (including phenoxy) is 3. The highest BCUT2D eigenvalue weighted by Crippen LogP contribution is 2.45. The van der Waals surface area contributed by atoms with Crippen LogP contribution in [-0.4, -0.2) is 38.3 Å². The Kier molecular flexibility index (Phi) is 7.56. The van der Waals surface area contributed by atoms with E-state index in [1.165, 1.54) is 29.2 Å². The van der Waals surface area contributed by atoms with Crippen molar-refractivity contribution in [2.45, 2.75) is 38.0 Å². The van der Waals surface area contributed by atoms with Gasteiger partial charge in [0.05, 0.1) is 18.2 Å². The van der Waals surface area contributed by atoms with Gasteiger partial charge in [0.2, 0.25) is 0 Å². The van der Waals surface area contributed by atoms with Crippen LogP contribution >= 0.6 is 0 Å². The van der Waals surface area contributed by atoms with Crippen LogP contribution in [0.2, 0.25) is 0 Å². The van der Waals surface area contributed by atoms with Gasteiger partial charge in [-0.05, 0) is 42.3 Å². The number of alkyl halides is 8. The number of rotatable bonds is 7. The summed E-state index contributed by atoms with van der Waals surface area (Å²) in [6, 6.07) is 9.19. The molecule has 12 heteroatoms. The maximum atomic E-state index is 13.2. The molecule has 4 nitrogen and oxygen atoms in total. The van der Waals surface area contributed by atoms with E-state index in [0.29, 0.717) is 23.2 Å². The zero-order valence-electron chi connectivity index (χ0n) is 19.0. The molecule has 0 bridgehead atoms. The third kappa shape index (κ3) is 6.86. The fourth-order valence-corrected chi connectivity index (χ4v) is 4.44. The number of hydrogen-bond acceptors (Lipinski definition) is 4. The molecule has 0 spiro atoms. The first-order valence-electron chi connectivity index (χ1n) is 11.2. The molecule has 4 rings (SSSR count). The highest BCUT2D eigenvalue weighted by Gasteiger charge is 2.37. The summed E-state index contributed by atoms with van der Waals surface area (Å²) in [6.07, 6.45) is -5.74. The van der Waals surface area contributed by atoms with Gasteiger partial charge in [0, 0.05) is 18.0 Å². The summed E-state index contributed by atoms with van der Waals surface area (Å²) < 4.78 is 118. The molecule has 0 fully saturated rings. The Morgan fingerprint density at radius 3 is 2.49 bits per heavy atom. The Labute approximate surface area is 206 Å². The lowest BCUT2D eigenvalue weighted by atomic mass is 9.89. The monoisotopic (exact) mass is 535 g/mol. The van der Waals surface area contributed by atoms with Crippen molar-refractivity contribution < 1.29 is 49.3 Å². The molecule has 0 N–H and O–H groups in total. The second kappa shape index (κ2) is 10.5. The molecule has 1 heterocycles. The van der Waals surface area contributed by atoms with Crippen molar-refractivity contribution in [3.63, 3.8) is 0 Å². The highest BCUT2D eigenvalue weighted by molar-refractivity contribution is 5.80. The predicted octanol–water partition coefficient (Wildman–Crippen LogP) is 7.47. The van der Waals surface area contributed by atoms with Crippen LogP contribution in [-0.2, 0) is 4.74 Å². The van der Waals surface area contributed by atoms with E-state index in [1.54, 1.807) is 24.3 Å². The summed E-state index contributed by atoms with van der Waals surface area (Å²) in [5.41, 5.74) is 0.974. The molecule has 0 radical (unpaired) electrons. The first kappa shape index (κ1) is 26.6. The van der Waals surface area contributed by atoms with E-state index in [1.807, 2.05) is 0 Å². The molecular weight excluding hydrogens is 514 g/mol. The summed E-state index contributed by atoms with van der Waals surface area (Å²) in [4.78, 5) is 1.51. The molecule has 0 amide bonds. The second-order valence-electron chi connectivity index (χ2n) is 8.42. The number of para-hydroxylation sites is 1. The quantitative estimate of drug-likeness (QED) is 0.344. The first-order chi connectivity index (χ1) is 17.4. The first-order valence-corrected chi connectivity index (χ1v) is 11.2. The molecule has 1 aliphatic carbocycles. The van der Waals surface area contributed by atoms with Crippen molar-refractivity contribution in [2.75, 3.05) is 18.1 Å². The lowest BCUT2D eigenvalue weighted by Crippen LogP contribution is -2.48. The van der Waals surface area contributed by atoms with Crippen LogP contribution in [0.3, 0.4) is 0 Å². The Morgan fingerprint density at radius 1 is 1.03 bits per heavy atom. The summed E-state index contributed by atoms with van der Waals surface area (Å²) >= 11 is 0. The third-order valence-corrected chi connectivity index (χ3v) is 5.91. The molecule has 0 saturated carbocycles. The Morgan fingerprint density at radius 2 is 1.78 bits per heavy atom. The lowest BCUT2D eigenvalue weighted by molar-refractivity contribution is -0.274. The van der Waals surface area contributed by atoms with E-state index in [4.69, 9.17) is 4.74 Å². The molecular formula is C25H21F8NO3. The summed E-state index contributed by atoms with van der Waals surface area (Å²) in [7, 11) is 0. The fourth-order valence-electron chi connectivity index (χ4n) is 4.44. The largest absolute Gasteiger partial charge is 0.573 e. The van der Waals surface area contributed by atoms with Crippen LogP contribution in [0.5, 0.6) is 11.5 Å². The van der Waals surface area contributed by atoms with Crippen LogP contribution < -0.4 is 14.4 Å². The molecule has 2 aromatic rings. The van der Waals surface area contributed by atoms with E-state index < -0.39 is 49.8 Å². The van der Waals surface area contributed by atoms with Crippen LogP contribution in [0.4, 0.5) is 40.8 Å². The number of halogens is 8. The Bertz CT molecular complexity index is 1160. The second-order valence-corrected chi connectivity index (χ2v) is 8.42. The number of hydrogen-bond donors (Lipinski definition) is 0. The number of nitrogens with zero attached hydrogens (tertiary/aromatic N) is 1. The van der Waals surface area contributed by atoms with Gasteiger partial charge in [0.1, 0.15) is 18.1 Å². The van der Waals surface area contributed by atoms with E-state index in [2.05, 4.69) is 9.47 Å². The zero-order valence-corrected chi connectivity index (χ0v) is 19.0. The maximum Gasteiger partial charge on any atom is 0.573 e. The van der Waals surface area contributed by atoms with Crippen molar-refractivity contribution in [1.82, 2.24) is 0 Å². The third-order valence-electron chi connectivity index (χ3n) is 5.91. The van der Waals surface area contributed by atoms with Crippen molar-refractivity contribution >= 4 is 5.69 Å². The van der Waals surface area contributed by atoms with Crippen molar-refractivity contribution in [1.29, 1.82) is 0 Å². The minimum absolute atomic E-state index is 0.0857. The normalized spacial score (nSPS) is 19.8. The van der Waals surface area contributed by atoms with Gasteiger partial charge in [0.25, 0.3) is 0 Å². The standard InChI is InChI=1S/C25H21F8NO3/c26-23(27)36-17-6-2-5-16(13-17)21-14-35-22-19(15-4-1-7-18(12-15)37-25(31,32)33)8-3-9-20(22)34(21)11-10-24(28,29)30/h1-4,6-9,12-13,16,21,23H,5,10-11,14H2/t16?,21-/m1/s1. The van der Waals surface area contributed by atoms with Crippen molar-refractivity contribution in [3.8, 4) is 22.6 Å². The molecule has 2 atom stereocenters. The van der Waals surface area contributed by atoms with E-state index in [-0.39, 0.29) is 18.1 Å². The van der Waals surface area contributed by atoms with Crippen LogP contribution in [0.15, 0.2) is 66.5 Å². The van der Waals surface area contributed by atoms with Gasteiger partial charge in [-0.1, -0.05) is 30.3 Å². The van der Waals surface area contributed by atoms with Gasteiger partial charge in [-0.25, -0.2) is 0 Å². The summed E-state index contributed by atoms with van der Waals surface area (Å²) in [6.45, 7) is -3.58. The van der Waals surface area contributed by atoms with Crippen LogP contribution in [0, 0.1) is 5.92 Å². The van der Waals surface area contributed by atoms with Crippen LogP contribution in [0.1, 0.15) is 12.8 Å². The SMILES string of the molecule is FC(F)OC1=CC([C@H]2COc3c(-c4cccc(OC(F)(F)F)c4)cccc3N2CCC(F)(F)F)CC=C1. The van der Waals surface area contributed by atoms with E-state index >= 15 is 0 Å². The van der Waals surface area contributed by atoms with E-state index in [0.717, 1.165) is 12.1 Å². The van der Waals surface area contributed by atoms with Gasteiger partial charge in [0.15, 0.2) is 5.75 Å². The number of fused-ring (bicyclic) bond motifs is 1. The highest BCUT2D eigenvalue weighted by atomic mass is 19.4. The van der Waals surface area contributed by atoms with Crippen molar-refractivity contribution in [2.24, 2.45) is 5.92 Å². The molecule has 37 heavy (non-hydrogen) atoms. The van der Waals surface area contributed by atoms with Crippen LogP contribution in [0.25, 0.3) is 11.1 Å². The van der Waals surface area contributed by atoms with Gasteiger partial charge in [-0.2, -0.15) is 22.0 Å². The van der Waals surface area contributed by atoms with Gasteiger partial charge in [-0.3, -0.25) is 0 Å². The summed E-state index contributed by atoms with van der Waals surface area (Å²) in [5.74, 6) is -0.851. The molecule has 2 aliphatic rings. The Hall–Kier alpha value is -3.44. The van der Waals surface area contributed by atoms with Gasteiger partial charge >= 0.3 is 19.2 Å². The smallest absolute Gasteiger partial charge is 0.489 e. The lowest BCUT2D eigenvalue weighted by Gasteiger charge is -2.43. The molecule has 1 unspecified atom stereocenters. The number of allylic oxidation sites excluding steroid dienone is 2. The molecule has 200 valence electrons. The van der Waals surface area contributed by atoms with Gasteiger partial charge < -0.3 is 19.1 Å². The molecule has 1 aliphatic heterocycles. The number of anilines is 1. The number of benzene rings is 2. The fraction of sp³-hybridized carbons (Fsp3) is 0.360. The van der Waals surface area contributed by atoms with E-state index in [9.17, 15) is 35.1 Å². The molecule has 0 aromatic heterocycles. The predicted molar refractivity (Wildman–Crippen MR) is 118 cm³/mol. The molecule has 0 saturated heterocycles.